The summed E-state index contributed by atoms with van der Waals surface area (Å²) >= 11 is 0. The molecule has 6 nitrogen and oxygen atoms in total. The van der Waals surface area contributed by atoms with Crippen LogP contribution in [-0.4, -0.2) is 26.3 Å². The standard InChI is InChI=1S/C19H24NO5P/c1-3-23-26(22,24-4-2)16-12-14-11-13-7-5-9-20-10-6-8-15(17(13)20)18(14)25-19(16)21/h11-12H,3-10H2,1-2H3. The summed E-state index contributed by atoms with van der Waals surface area (Å²) in [5.41, 5.74) is 3.61. The summed E-state index contributed by atoms with van der Waals surface area (Å²) in [5, 5.41) is 0.793. The Bertz CT molecular complexity index is 939. The molecule has 3 heterocycles. The van der Waals surface area contributed by atoms with Gasteiger partial charge in [-0.3, -0.25) is 4.57 Å². The zero-order chi connectivity index (χ0) is 18.3. The second-order valence-corrected chi connectivity index (χ2v) is 8.72. The number of fused-ring (bicyclic) bond motifs is 2. The summed E-state index contributed by atoms with van der Waals surface area (Å²) in [6, 6.07) is 3.72. The normalized spacial score (nSPS) is 16.8. The molecule has 0 atom stereocenters. The molecule has 0 unspecified atom stereocenters. The van der Waals surface area contributed by atoms with Crippen molar-refractivity contribution in [3.63, 3.8) is 0 Å². The molecule has 0 radical (unpaired) electrons. The van der Waals surface area contributed by atoms with Gasteiger partial charge < -0.3 is 18.4 Å². The second kappa shape index (κ2) is 6.84. The van der Waals surface area contributed by atoms with E-state index in [1.165, 1.54) is 11.3 Å². The smallest absolute Gasteiger partial charge is 0.368 e. The fourth-order valence-electron chi connectivity index (χ4n) is 4.14. The summed E-state index contributed by atoms with van der Waals surface area (Å²) in [5.74, 6) is 0. The van der Waals surface area contributed by atoms with Crippen LogP contribution in [0.15, 0.2) is 21.3 Å². The highest BCUT2D eigenvalue weighted by molar-refractivity contribution is 7.62. The first-order chi connectivity index (χ1) is 12.6. The van der Waals surface area contributed by atoms with Crippen LogP contribution in [0.4, 0.5) is 5.69 Å². The van der Waals surface area contributed by atoms with Gasteiger partial charge in [0.1, 0.15) is 5.58 Å². The van der Waals surface area contributed by atoms with E-state index in [4.69, 9.17) is 13.5 Å². The lowest BCUT2D eigenvalue weighted by atomic mass is 9.90. The summed E-state index contributed by atoms with van der Waals surface area (Å²) in [6.45, 7) is 5.94. The first-order valence-electron chi connectivity index (χ1n) is 9.34. The fraction of sp³-hybridized carbons (Fsp3) is 0.526. The third-order valence-corrected chi connectivity index (χ3v) is 7.19. The van der Waals surface area contributed by atoms with Gasteiger partial charge in [0.15, 0.2) is 5.30 Å². The number of aryl methyl sites for hydroxylation is 2. The number of hydrogen-bond donors (Lipinski definition) is 0. The van der Waals surface area contributed by atoms with E-state index in [9.17, 15) is 9.36 Å². The lowest BCUT2D eigenvalue weighted by molar-refractivity contribution is 0.229. The van der Waals surface area contributed by atoms with Gasteiger partial charge in [0.05, 0.1) is 13.2 Å². The number of hydrogen-bond acceptors (Lipinski definition) is 6. The van der Waals surface area contributed by atoms with Crippen molar-refractivity contribution >= 4 is 29.6 Å². The highest BCUT2D eigenvalue weighted by Crippen LogP contribution is 2.47. The van der Waals surface area contributed by atoms with E-state index in [0.29, 0.717) is 5.58 Å². The van der Waals surface area contributed by atoms with Crippen LogP contribution in [0.25, 0.3) is 11.0 Å². The molecule has 2 aliphatic rings. The van der Waals surface area contributed by atoms with Crippen molar-refractivity contribution in [1.82, 2.24) is 0 Å². The Morgan fingerprint density at radius 3 is 2.50 bits per heavy atom. The fourth-order valence-corrected chi connectivity index (χ4v) is 5.74. The predicted octanol–water partition coefficient (Wildman–Crippen LogP) is 3.38. The van der Waals surface area contributed by atoms with Crippen LogP contribution in [-0.2, 0) is 26.5 Å². The first-order valence-corrected chi connectivity index (χ1v) is 10.9. The van der Waals surface area contributed by atoms with E-state index in [-0.39, 0.29) is 18.5 Å². The van der Waals surface area contributed by atoms with Crippen LogP contribution >= 0.6 is 7.60 Å². The van der Waals surface area contributed by atoms with E-state index in [1.807, 2.05) is 0 Å². The summed E-state index contributed by atoms with van der Waals surface area (Å²) in [4.78, 5) is 15.1. The molecule has 0 N–H and O–H groups in total. The van der Waals surface area contributed by atoms with Crippen LogP contribution in [0.1, 0.15) is 37.8 Å². The summed E-state index contributed by atoms with van der Waals surface area (Å²) in [6.07, 6.45) is 4.08. The van der Waals surface area contributed by atoms with Gasteiger partial charge in [-0.2, -0.15) is 0 Å². The monoisotopic (exact) mass is 377 g/mol. The van der Waals surface area contributed by atoms with Gasteiger partial charge in [-0.1, -0.05) is 0 Å². The molecule has 1 aromatic carbocycles. The van der Waals surface area contributed by atoms with E-state index in [1.54, 1.807) is 19.9 Å². The Morgan fingerprint density at radius 1 is 1.12 bits per heavy atom. The van der Waals surface area contributed by atoms with Crippen LogP contribution in [0, 0.1) is 0 Å². The van der Waals surface area contributed by atoms with Gasteiger partial charge in [-0.25, -0.2) is 4.79 Å². The minimum absolute atomic E-state index is 0.00988. The molecule has 2 aliphatic heterocycles. The van der Waals surface area contributed by atoms with Crippen LogP contribution in [0.2, 0.25) is 0 Å². The minimum Gasteiger partial charge on any atom is -0.422 e. The molecule has 7 heteroatoms. The molecule has 0 saturated heterocycles. The third-order valence-electron chi connectivity index (χ3n) is 5.09. The van der Waals surface area contributed by atoms with Crippen molar-refractivity contribution in [3.05, 3.63) is 33.7 Å². The average molecular weight is 377 g/mol. The maximum atomic E-state index is 13.1. The maximum Gasteiger partial charge on any atom is 0.368 e. The Labute approximate surface area is 152 Å². The number of anilines is 1. The number of rotatable bonds is 5. The quantitative estimate of drug-likeness (QED) is 0.588. The maximum absolute atomic E-state index is 13.1. The van der Waals surface area contributed by atoms with Gasteiger partial charge in [-0.05, 0) is 57.2 Å². The van der Waals surface area contributed by atoms with Crippen molar-refractivity contribution in [2.45, 2.75) is 39.5 Å². The lowest BCUT2D eigenvalue weighted by Crippen LogP contribution is -2.35. The van der Waals surface area contributed by atoms with E-state index in [2.05, 4.69) is 11.0 Å². The van der Waals surface area contributed by atoms with Gasteiger partial charge in [0.25, 0.3) is 0 Å². The van der Waals surface area contributed by atoms with Gasteiger partial charge >= 0.3 is 13.2 Å². The van der Waals surface area contributed by atoms with Crippen LogP contribution < -0.4 is 15.8 Å². The Kier molecular flexibility index (Phi) is 4.68. The molecule has 0 aliphatic carbocycles. The second-order valence-electron chi connectivity index (χ2n) is 6.73. The van der Waals surface area contributed by atoms with Crippen LogP contribution in [0.5, 0.6) is 0 Å². The molecule has 1 aromatic heterocycles. The van der Waals surface area contributed by atoms with Crippen molar-refractivity contribution in [2.75, 3.05) is 31.2 Å². The molecule has 140 valence electrons. The van der Waals surface area contributed by atoms with Crippen LogP contribution in [0.3, 0.4) is 0 Å². The highest BCUT2D eigenvalue weighted by Gasteiger charge is 2.33. The Hall–Kier alpha value is -1.62. The minimum atomic E-state index is -3.68. The molecule has 2 aromatic rings. The van der Waals surface area contributed by atoms with Crippen molar-refractivity contribution in [3.8, 4) is 0 Å². The summed E-state index contributed by atoms with van der Waals surface area (Å²) < 4.78 is 29.5. The Morgan fingerprint density at radius 2 is 1.81 bits per heavy atom. The lowest BCUT2D eigenvalue weighted by Gasteiger charge is -2.37. The molecule has 4 rings (SSSR count). The number of nitrogens with zero attached hydrogens (tertiary/aromatic N) is 1. The molecule has 0 amide bonds. The molecule has 0 spiro atoms. The molecule has 0 bridgehead atoms. The average Bonchev–Trinajstić information content (AvgIpc) is 2.63. The van der Waals surface area contributed by atoms with Gasteiger partial charge in [0, 0.05) is 29.7 Å². The predicted molar refractivity (Wildman–Crippen MR) is 102 cm³/mol. The number of benzene rings is 1. The SMILES string of the molecule is CCOP(=O)(OCC)c1cc2cc3c4c(c2oc1=O)CCCN4CCC3. The molecular weight excluding hydrogens is 353 g/mol. The molecule has 0 fully saturated rings. The molecule has 26 heavy (non-hydrogen) atoms. The van der Waals surface area contributed by atoms with Gasteiger partial charge in [-0.15, -0.1) is 0 Å². The topological polar surface area (TPSA) is 69.0 Å². The largest absolute Gasteiger partial charge is 0.422 e. The Balaban J connectivity index is 1.95. The molecule has 0 saturated carbocycles. The van der Waals surface area contributed by atoms with Gasteiger partial charge in [0.2, 0.25) is 0 Å². The van der Waals surface area contributed by atoms with E-state index >= 15 is 0 Å². The van der Waals surface area contributed by atoms with E-state index < -0.39 is 13.2 Å². The summed E-state index contributed by atoms with van der Waals surface area (Å²) in [7, 11) is -3.68. The van der Waals surface area contributed by atoms with Crippen molar-refractivity contribution in [1.29, 1.82) is 0 Å². The van der Waals surface area contributed by atoms with Crippen molar-refractivity contribution in [2.24, 2.45) is 0 Å². The van der Waals surface area contributed by atoms with Crippen molar-refractivity contribution < 1.29 is 18.0 Å². The zero-order valence-electron chi connectivity index (χ0n) is 15.2. The molecular formula is C19H24NO5P. The first kappa shape index (κ1) is 17.8. The highest BCUT2D eigenvalue weighted by atomic mass is 31.2. The zero-order valence-corrected chi connectivity index (χ0v) is 16.1. The third kappa shape index (κ3) is 2.81. The van der Waals surface area contributed by atoms with E-state index in [0.717, 1.165) is 49.7 Å².